The Morgan fingerprint density at radius 1 is 0.938 bits per heavy atom. The molecule has 2 unspecified atom stereocenters. The summed E-state index contributed by atoms with van der Waals surface area (Å²) in [6, 6.07) is 0. The predicted octanol–water partition coefficient (Wildman–Crippen LogP) is -0.385. The van der Waals surface area contributed by atoms with Crippen molar-refractivity contribution in [2.24, 2.45) is 0 Å². The molecule has 0 aromatic rings. The number of aliphatic hydroxyl groups is 2. The average Bonchev–Trinajstić information content (AvgIpc) is 2.20. The Hall–Kier alpha value is -1.14. The van der Waals surface area contributed by atoms with Gasteiger partial charge in [0.2, 0.25) is 0 Å². The second kappa shape index (κ2) is 8.06. The molecule has 0 spiro atoms. The van der Waals surface area contributed by atoms with Gasteiger partial charge in [0, 0.05) is 0 Å². The first-order valence-electron chi connectivity index (χ1n) is 5.09. The van der Waals surface area contributed by atoms with Gasteiger partial charge < -0.3 is 19.7 Å². The molecule has 0 rings (SSSR count). The number of hydrogen-bond acceptors (Lipinski definition) is 6. The van der Waals surface area contributed by atoms with E-state index in [1.807, 2.05) is 0 Å². The van der Waals surface area contributed by atoms with Gasteiger partial charge in [-0.15, -0.1) is 0 Å². The molecular weight excluding hydrogens is 216 g/mol. The molecule has 6 nitrogen and oxygen atoms in total. The number of carbonyl (C=O) groups is 2. The molecule has 0 bridgehead atoms. The molecular formula is C10H18O6. The number of aliphatic hydroxyl groups excluding tert-OH is 2. The lowest BCUT2D eigenvalue weighted by molar-refractivity contribution is -0.152. The fourth-order valence-corrected chi connectivity index (χ4v) is 0.776. The van der Waals surface area contributed by atoms with Crippen LogP contribution in [0.15, 0.2) is 0 Å². The van der Waals surface area contributed by atoms with Gasteiger partial charge in [-0.3, -0.25) is 9.59 Å². The molecule has 0 aromatic carbocycles. The summed E-state index contributed by atoms with van der Waals surface area (Å²) in [4.78, 5) is 22.0. The maximum absolute atomic E-state index is 11.0. The van der Waals surface area contributed by atoms with Crippen LogP contribution in [0.5, 0.6) is 0 Å². The van der Waals surface area contributed by atoms with E-state index >= 15 is 0 Å². The van der Waals surface area contributed by atoms with E-state index in [4.69, 9.17) is 10.2 Å². The van der Waals surface area contributed by atoms with E-state index < -0.39 is 24.1 Å². The maximum atomic E-state index is 11.0. The minimum absolute atomic E-state index is 0.0818. The van der Waals surface area contributed by atoms with Gasteiger partial charge in [-0.05, 0) is 13.8 Å². The Labute approximate surface area is 94.2 Å². The van der Waals surface area contributed by atoms with Gasteiger partial charge in [-0.25, -0.2) is 0 Å². The summed E-state index contributed by atoms with van der Waals surface area (Å²) in [5.74, 6) is -1.12. The number of ether oxygens (including phenoxy) is 2. The van der Waals surface area contributed by atoms with Crippen LogP contribution in [0, 0.1) is 0 Å². The molecule has 0 amide bonds. The molecule has 0 fully saturated rings. The number of hydrogen-bond donors (Lipinski definition) is 2. The van der Waals surface area contributed by atoms with Crippen LogP contribution >= 0.6 is 0 Å². The molecule has 2 N–H and O–H groups in total. The van der Waals surface area contributed by atoms with Crippen LogP contribution in [0.1, 0.15) is 26.7 Å². The molecule has 16 heavy (non-hydrogen) atoms. The third-order valence-corrected chi connectivity index (χ3v) is 1.50. The summed E-state index contributed by atoms with van der Waals surface area (Å²) >= 11 is 0. The fourth-order valence-electron chi connectivity index (χ4n) is 0.776. The molecule has 6 heteroatoms. The second-order valence-electron chi connectivity index (χ2n) is 3.56. The summed E-state index contributed by atoms with van der Waals surface area (Å²) < 4.78 is 9.27. The third-order valence-electron chi connectivity index (χ3n) is 1.50. The largest absolute Gasteiger partial charge is 0.463 e. The first-order chi connectivity index (χ1) is 7.41. The first-order valence-corrected chi connectivity index (χ1v) is 5.09. The predicted molar refractivity (Wildman–Crippen MR) is 54.5 cm³/mol. The van der Waals surface area contributed by atoms with Crippen molar-refractivity contribution in [3.05, 3.63) is 0 Å². The van der Waals surface area contributed by atoms with Gasteiger partial charge in [0.05, 0.1) is 25.0 Å². The second-order valence-corrected chi connectivity index (χ2v) is 3.56. The van der Waals surface area contributed by atoms with Crippen molar-refractivity contribution in [2.75, 3.05) is 13.2 Å². The van der Waals surface area contributed by atoms with Gasteiger partial charge in [-0.1, -0.05) is 0 Å². The van der Waals surface area contributed by atoms with Crippen molar-refractivity contribution >= 4 is 11.9 Å². The fraction of sp³-hybridized carbons (Fsp3) is 0.800. The Kier molecular flexibility index (Phi) is 7.49. The quantitative estimate of drug-likeness (QED) is 0.583. The van der Waals surface area contributed by atoms with Gasteiger partial charge in [0.1, 0.15) is 13.2 Å². The van der Waals surface area contributed by atoms with E-state index in [0.717, 1.165) is 0 Å². The zero-order valence-corrected chi connectivity index (χ0v) is 9.51. The lowest BCUT2D eigenvalue weighted by Gasteiger charge is -2.07. The van der Waals surface area contributed by atoms with Crippen LogP contribution in [-0.2, 0) is 19.1 Å². The SMILES string of the molecule is CC(O)COC(=O)CCC(=O)OCC(C)O. The van der Waals surface area contributed by atoms with Crippen LogP contribution in [0.25, 0.3) is 0 Å². The van der Waals surface area contributed by atoms with E-state index in [0.29, 0.717) is 0 Å². The van der Waals surface area contributed by atoms with Crippen LogP contribution < -0.4 is 0 Å². The van der Waals surface area contributed by atoms with Gasteiger partial charge in [0.15, 0.2) is 0 Å². The summed E-state index contributed by atoms with van der Waals surface area (Å²) in [5.41, 5.74) is 0. The van der Waals surface area contributed by atoms with E-state index in [9.17, 15) is 9.59 Å². The summed E-state index contributed by atoms with van der Waals surface area (Å²) in [7, 11) is 0. The van der Waals surface area contributed by atoms with Crippen LogP contribution in [0.4, 0.5) is 0 Å². The van der Waals surface area contributed by atoms with E-state index in [1.54, 1.807) is 0 Å². The van der Waals surface area contributed by atoms with Crippen LogP contribution in [-0.4, -0.2) is 47.6 Å². The van der Waals surface area contributed by atoms with Crippen LogP contribution in [0.3, 0.4) is 0 Å². The highest BCUT2D eigenvalue weighted by atomic mass is 16.5. The number of rotatable bonds is 7. The lowest BCUT2D eigenvalue weighted by Crippen LogP contribution is -2.18. The Balaban J connectivity index is 3.55. The zero-order chi connectivity index (χ0) is 12.6. The third kappa shape index (κ3) is 9.42. The van der Waals surface area contributed by atoms with Crippen molar-refractivity contribution in [1.82, 2.24) is 0 Å². The summed E-state index contributed by atoms with van der Waals surface area (Å²) in [6.07, 6.45) is -1.62. The minimum Gasteiger partial charge on any atom is -0.463 e. The molecule has 0 aliphatic heterocycles. The molecule has 0 radical (unpaired) electrons. The molecule has 0 aliphatic rings. The minimum atomic E-state index is -0.717. The molecule has 2 atom stereocenters. The Morgan fingerprint density at radius 2 is 1.25 bits per heavy atom. The highest BCUT2D eigenvalue weighted by Gasteiger charge is 2.10. The number of esters is 2. The highest BCUT2D eigenvalue weighted by molar-refractivity contribution is 5.77. The summed E-state index contributed by atoms with van der Waals surface area (Å²) in [5, 5.41) is 17.7. The topological polar surface area (TPSA) is 93.1 Å². The van der Waals surface area contributed by atoms with Crippen LogP contribution in [0.2, 0.25) is 0 Å². The average molecular weight is 234 g/mol. The Morgan fingerprint density at radius 3 is 1.50 bits per heavy atom. The van der Waals surface area contributed by atoms with Crippen molar-refractivity contribution in [1.29, 1.82) is 0 Å². The first kappa shape index (κ1) is 14.9. The molecule has 94 valence electrons. The van der Waals surface area contributed by atoms with E-state index in [2.05, 4.69) is 9.47 Å². The van der Waals surface area contributed by atoms with Gasteiger partial charge >= 0.3 is 11.9 Å². The van der Waals surface area contributed by atoms with Gasteiger partial charge in [0.25, 0.3) is 0 Å². The Bertz CT molecular complexity index is 199. The van der Waals surface area contributed by atoms with Gasteiger partial charge in [-0.2, -0.15) is 0 Å². The number of carbonyl (C=O) groups excluding carboxylic acids is 2. The highest BCUT2D eigenvalue weighted by Crippen LogP contribution is 1.97. The van der Waals surface area contributed by atoms with E-state index in [1.165, 1.54) is 13.8 Å². The molecule has 0 saturated heterocycles. The molecule has 0 aromatic heterocycles. The zero-order valence-electron chi connectivity index (χ0n) is 9.51. The smallest absolute Gasteiger partial charge is 0.306 e. The van der Waals surface area contributed by atoms with Crippen molar-refractivity contribution in [2.45, 2.75) is 38.9 Å². The molecule has 0 aliphatic carbocycles. The monoisotopic (exact) mass is 234 g/mol. The maximum Gasteiger partial charge on any atom is 0.306 e. The normalized spacial score (nSPS) is 14.0. The van der Waals surface area contributed by atoms with Crippen molar-refractivity contribution < 1.29 is 29.3 Å². The molecule has 0 saturated carbocycles. The standard InChI is InChI=1S/C10H18O6/c1-7(11)5-15-9(13)3-4-10(14)16-6-8(2)12/h7-8,11-12H,3-6H2,1-2H3. The molecule has 0 heterocycles. The van der Waals surface area contributed by atoms with Crippen molar-refractivity contribution in [3.63, 3.8) is 0 Å². The van der Waals surface area contributed by atoms with E-state index in [-0.39, 0.29) is 26.1 Å². The lowest BCUT2D eigenvalue weighted by atomic mass is 10.3. The van der Waals surface area contributed by atoms with Crippen molar-refractivity contribution in [3.8, 4) is 0 Å². The summed E-state index contributed by atoms with van der Waals surface area (Å²) in [6.45, 7) is 2.82.